The molecule has 0 atom stereocenters. The van der Waals surface area contributed by atoms with E-state index in [1.54, 1.807) is 12.2 Å². The number of Topliss-reactive ketones (excluding diaryl/α,β-unsaturated/α-hetero) is 1. The molecule has 9 heteroatoms. The molecule has 0 saturated heterocycles. The van der Waals surface area contributed by atoms with Gasteiger partial charge >= 0.3 is 11.4 Å². The summed E-state index contributed by atoms with van der Waals surface area (Å²) in [5, 5.41) is 41.0. The highest BCUT2D eigenvalue weighted by molar-refractivity contribution is 6.14. The van der Waals surface area contributed by atoms with Crippen molar-refractivity contribution in [1.82, 2.24) is 0 Å². The summed E-state index contributed by atoms with van der Waals surface area (Å²) >= 11 is 0. The normalized spacial score (nSPS) is 16.9. The summed E-state index contributed by atoms with van der Waals surface area (Å²) in [5.41, 5.74) is 0.842. The van der Waals surface area contributed by atoms with Gasteiger partial charge in [0.1, 0.15) is 0 Å². The van der Waals surface area contributed by atoms with Crippen molar-refractivity contribution in [1.29, 1.82) is 0 Å². The zero-order valence-corrected chi connectivity index (χ0v) is 15.1. The maximum atomic E-state index is 12.8. The molecule has 2 aromatic rings. The van der Waals surface area contributed by atoms with E-state index in [9.17, 15) is 35.2 Å². The summed E-state index contributed by atoms with van der Waals surface area (Å²) in [6.07, 6.45) is 4.73. The molecule has 1 aliphatic carbocycles. The number of phenols is 2. The first-order valence-electron chi connectivity index (χ1n) is 8.67. The average molecular weight is 396 g/mol. The Bertz CT molecular complexity index is 1000. The van der Waals surface area contributed by atoms with Crippen molar-refractivity contribution < 1.29 is 24.9 Å². The fraction of sp³-hybridized carbons (Fsp3) is 0.150. The molecule has 0 unspecified atom stereocenters. The van der Waals surface area contributed by atoms with Gasteiger partial charge in [-0.15, -0.1) is 0 Å². The third-order valence-corrected chi connectivity index (χ3v) is 4.55. The third kappa shape index (κ3) is 4.29. The highest BCUT2D eigenvalue weighted by Crippen LogP contribution is 2.32. The van der Waals surface area contributed by atoms with Crippen molar-refractivity contribution in [3.05, 3.63) is 78.9 Å². The smallest absolute Gasteiger partial charge is 0.311 e. The van der Waals surface area contributed by atoms with Gasteiger partial charge in [0, 0.05) is 23.3 Å². The molecule has 148 valence electrons. The summed E-state index contributed by atoms with van der Waals surface area (Å²) in [4.78, 5) is 33.3. The van der Waals surface area contributed by atoms with Crippen LogP contribution in [0.25, 0.3) is 12.2 Å². The first-order chi connectivity index (χ1) is 13.8. The minimum atomic E-state index is -0.705. The number of allylic oxidation sites excluding steroid dienone is 2. The number of aromatic hydroxyl groups is 2. The van der Waals surface area contributed by atoms with Crippen LogP contribution in [0.4, 0.5) is 11.4 Å². The van der Waals surface area contributed by atoms with Gasteiger partial charge in [-0.05, 0) is 54.7 Å². The maximum absolute atomic E-state index is 12.8. The number of nitro groups is 2. The van der Waals surface area contributed by atoms with Gasteiger partial charge in [0.2, 0.25) is 0 Å². The Morgan fingerprint density at radius 2 is 1.21 bits per heavy atom. The van der Waals surface area contributed by atoms with E-state index in [-0.39, 0.29) is 5.78 Å². The molecule has 9 nitrogen and oxygen atoms in total. The van der Waals surface area contributed by atoms with E-state index < -0.39 is 32.7 Å². The van der Waals surface area contributed by atoms with Crippen LogP contribution in [-0.4, -0.2) is 25.8 Å². The SMILES string of the molecule is O=C1/C(=C\c2ccc(O)c([N+](=O)[O-])c2)CCC/C1=C/c1ccc(O)c([N+](=O)[O-])c1. The molecule has 0 radical (unpaired) electrons. The van der Waals surface area contributed by atoms with Crippen molar-refractivity contribution in [2.75, 3.05) is 0 Å². The first kappa shape index (κ1) is 19.7. The van der Waals surface area contributed by atoms with Crippen LogP contribution in [0.1, 0.15) is 30.4 Å². The molecule has 1 aliphatic rings. The minimum absolute atomic E-state index is 0.247. The second-order valence-corrected chi connectivity index (χ2v) is 6.53. The molecule has 0 aliphatic heterocycles. The quantitative estimate of drug-likeness (QED) is 0.449. The number of hydrogen-bond acceptors (Lipinski definition) is 7. The predicted octanol–water partition coefficient (Wildman–Crippen LogP) is 4.13. The van der Waals surface area contributed by atoms with Gasteiger partial charge in [-0.1, -0.05) is 12.1 Å². The van der Waals surface area contributed by atoms with E-state index in [4.69, 9.17) is 0 Å². The number of nitro benzene ring substituents is 2. The molecular weight excluding hydrogens is 380 g/mol. The lowest BCUT2D eigenvalue weighted by Gasteiger charge is -2.16. The number of benzene rings is 2. The molecule has 2 N–H and O–H groups in total. The van der Waals surface area contributed by atoms with Crippen LogP contribution in [0.5, 0.6) is 11.5 Å². The lowest BCUT2D eigenvalue weighted by molar-refractivity contribution is -0.386. The van der Waals surface area contributed by atoms with Crippen LogP contribution < -0.4 is 0 Å². The Labute approximate surface area is 164 Å². The molecule has 29 heavy (non-hydrogen) atoms. The van der Waals surface area contributed by atoms with Gasteiger partial charge in [-0.25, -0.2) is 0 Å². The highest BCUT2D eigenvalue weighted by atomic mass is 16.6. The van der Waals surface area contributed by atoms with Gasteiger partial charge in [-0.3, -0.25) is 25.0 Å². The topological polar surface area (TPSA) is 144 Å². The van der Waals surface area contributed by atoms with Gasteiger partial charge < -0.3 is 10.2 Å². The third-order valence-electron chi connectivity index (χ3n) is 4.55. The molecule has 1 saturated carbocycles. The molecule has 2 aromatic carbocycles. The predicted molar refractivity (Wildman–Crippen MR) is 104 cm³/mol. The van der Waals surface area contributed by atoms with Crippen molar-refractivity contribution in [3.63, 3.8) is 0 Å². The summed E-state index contributed by atoms with van der Waals surface area (Å²) in [5.74, 6) is -1.16. The van der Waals surface area contributed by atoms with Crippen LogP contribution in [-0.2, 0) is 4.79 Å². The van der Waals surface area contributed by atoms with E-state index in [1.165, 1.54) is 36.4 Å². The standard InChI is InChI=1S/C20H16N2O7/c23-18-6-4-12(10-16(18)21(26)27)8-14-2-1-3-15(20(14)25)9-13-5-7-19(24)17(11-13)22(28)29/h4-11,23-24H,1-3H2/b14-8-,15-9-. The molecule has 0 aromatic heterocycles. The van der Waals surface area contributed by atoms with Crippen LogP contribution in [0.15, 0.2) is 47.5 Å². The van der Waals surface area contributed by atoms with Crippen LogP contribution >= 0.6 is 0 Å². The summed E-state index contributed by atoms with van der Waals surface area (Å²) in [7, 11) is 0. The Morgan fingerprint density at radius 1 is 0.793 bits per heavy atom. The fourth-order valence-corrected chi connectivity index (χ4v) is 3.13. The van der Waals surface area contributed by atoms with E-state index in [0.29, 0.717) is 41.5 Å². The second kappa shape index (κ2) is 7.93. The number of nitrogens with zero attached hydrogens (tertiary/aromatic N) is 2. The molecule has 0 bridgehead atoms. The van der Waals surface area contributed by atoms with Crippen LogP contribution in [0.2, 0.25) is 0 Å². The van der Waals surface area contributed by atoms with Crippen molar-refractivity contribution in [2.45, 2.75) is 19.3 Å². The second-order valence-electron chi connectivity index (χ2n) is 6.53. The summed E-state index contributed by atoms with van der Waals surface area (Å²) in [6, 6.07) is 7.73. The average Bonchev–Trinajstić information content (AvgIpc) is 2.67. The molecule has 0 spiro atoms. The van der Waals surface area contributed by atoms with Gasteiger partial charge in [0.15, 0.2) is 17.3 Å². The Morgan fingerprint density at radius 3 is 1.59 bits per heavy atom. The first-order valence-corrected chi connectivity index (χ1v) is 8.67. The lowest BCUT2D eigenvalue weighted by Crippen LogP contribution is -2.12. The van der Waals surface area contributed by atoms with Crippen LogP contribution in [0.3, 0.4) is 0 Å². The lowest BCUT2D eigenvalue weighted by atomic mass is 9.86. The van der Waals surface area contributed by atoms with E-state index >= 15 is 0 Å². The number of ketones is 1. The van der Waals surface area contributed by atoms with Crippen molar-refractivity contribution >= 4 is 29.3 Å². The van der Waals surface area contributed by atoms with Crippen molar-refractivity contribution in [3.8, 4) is 11.5 Å². The molecule has 0 amide bonds. The monoisotopic (exact) mass is 396 g/mol. The highest BCUT2D eigenvalue weighted by Gasteiger charge is 2.22. The summed E-state index contributed by atoms with van der Waals surface area (Å²) < 4.78 is 0. The molecule has 1 fully saturated rings. The van der Waals surface area contributed by atoms with E-state index in [1.807, 2.05) is 0 Å². The Hall–Kier alpha value is -4.01. The van der Waals surface area contributed by atoms with Gasteiger partial charge in [0.05, 0.1) is 9.85 Å². The van der Waals surface area contributed by atoms with Crippen LogP contribution in [0, 0.1) is 20.2 Å². The van der Waals surface area contributed by atoms with Gasteiger partial charge in [0.25, 0.3) is 0 Å². The number of carbonyl (C=O) groups is 1. The fourth-order valence-electron chi connectivity index (χ4n) is 3.13. The van der Waals surface area contributed by atoms with E-state index in [2.05, 4.69) is 0 Å². The zero-order valence-electron chi connectivity index (χ0n) is 15.1. The zero-order chi connectivity index (χ0) is 21.1. The minimum Gasteiger partial charge on any atom is -0.502 e. The number of carbonyl (C=O) groups excluding carboxylic acids is 1. The number of rotatable bonds is 4. The van der Waals surface area contributed by atoms with Gasteiger partial charge in [-0.2, -0.15) is 0 Å². The Kier molecular flexibility index (Phi) is 5.40. The summed E-state index contributed by atoms with van der Waals surface area (Å²) in [6.45, 7) is 0. The number of phenolic OH excluding ortho intramolecular Hbond substituents is 2. The van der Waals surface area contributed by atoms with E-state index in [0.717, 1.165) is 0 Å². The molecular formula is C20H16N2O7. The Balaban J connectivity index is 1.93. The molecule has 3 rings (SSSR count). The largest absolute Gasteiger partial charge is 0.502 e. The maximum Gasteiger partial charge on any atom is 0.311 e. The van der Waals surface area contributed by atoms with Crippen molar-refractivity contribution in [2.24, 2.45) is 0 Å². The number of hydrogen-bond donors (Lipinski definition) is 2. The molecule has 0 heterocycles.